The third kappa shape index (κ3) is 5.43. The van der Waals surface area contributed by atoms with E-state index in [0.29, 0.717) is 36.2 Å². The number of aromatic hydroxyl groups is 1. The van der Waals surface area contributed by atoms with E-state index in [1.165, 1.54) is 28.8 Å². The van der Waals surface area contributed by atoms with Gasteiger partial charge in [-0.05, 0) is 93.5 Å². The number of phenolic OH excluding ortho intramolecular Hbond substituents is 1. The molecule has 1 N–H and O–H groups in total. The Kier molecular flexibility index (Phi) is 7.64. The van der Waals surface area contributed by atoms with Crippen molar-refractivity contribution in [2.24, 2.45) is 0 Å². The summed E-state index contributed by atoms with van der Waals surface area (Å²) in [6.45, 7) is 11.6. The van der Waals surface area contributed by atoms with Crippen molar-refractivity contribution in [3.63, 3.8) is 0 Å². The van der Waals surface area contributed by atoms with Gasteiger partial charge in [0.1, 0.15) is 30.2 Å². The van der Waals surface area contributed by atoms with Gasteiger partial charge in [0.2, 0.25) is 5.91 Å². The minimum absolute atomic E-state index is 0.0368. The van der Waals surface area contributed by atoms with Crippen LogP contribution in [0.25, 0.3) is 28.0 Å². The molecule has 1 aliphatic heterocycles. The van der Waals surface area contributed by atoms with Crippen molar-refractivity contribution >= 4 is 35.2 Å². The number of piperazine rings is 1. The van der Waals surface area contributed by atoms with E-state index < -0.39 is 41.5 Å². The number of rotatable bonds is 6. The molecule has 6 rings (SSSR count). The largest absolute Gasteiger partial charge is 0.507 e. The van der Waals surface area contributed by atoms with Crippen molar-refractivity contribution in [3.8, 4) is 22.7 Å². The molecule has 2 aromatic carbocycles. The Bertz CT molecular complexity index is 1980. The first-order chi connectivity index (χ1) is 21.3. The van der Waals surface area contributed by atoms with Crippen molar-refractivity contribution in [2.45, 2.75) is 38.6 Å². The van der Waals surface area contributed by atoms with Crippen LogP contribution in [0.3, 0.4) is 0 Å². The Morgan fingerprint density at radius 1 is 1.11 bits per heavy atom. The van der Waals surface area contributed by atoms with E-state index in [9.17, 15) is 19.3 Å². The van der Waals surface area contributed by atoms with Crippen LogP contribution in [0.1, 0.15) is 36.8 Å². The van der Waals surface area contributed by atoms with Gasteiger partial charge in [-0.2, -0.15) is 4.98 Å². The first kappa shape index (κ1) is 30.6. The predicted molar refractivity (Wildman–Crippen MR) is 172 cm³/mol. The Morgan fingerprint density at radius 3 is 2.47 bits per heavy atom. The van der Waals surface area contributed by atoms with Crippen molar-refractivity contribution in [1.29, 1.82) is 0 Å². The number of halogens is 2. The Hall–Kier alpha value is -4.37. The van der Waals surface area contributed by atoms with E-state index in [1.54, 1.807) is 24.3 Å². The Balaban J connectivity index is 1.66. The minimum Gasteiger partial charge on any atom is -0.507 e. The van der Waals surface area contributed by atoms with Gasteiger partial charge in [-0.3, -0.25) is 4.79 Å². The lowest BCUT2D eigenvalue weighted by atomic mass is 10.0. The third-order valence-corrected chi connectivity index (χ3v) is 10.1. The molecule has 1 amide bonds. The summed E-state index contributed by atoms with van der Waals surface area (Å²) >= 11 is 0. The summed E-state index contributed by atoms with van der Waals surface area (Å²) in [6.07, 6.45) is 3.01. The summed E-state index contributed by atoms with van der Waals surface area (Å²) in [4.78, 5) is 39.0. The van der Waals surface area contributed by atoms with Crippen LogP contribution in [0.5, 0.6) is 5.75 Å². The molecule has 45 heavy (non-hydrogen) atoms. The molecule has 234 valence electrons. The zero-order chi connectivity index (χ0) is 32.4. The number of fused-ring (bicyclic) bond motifs is 1. The van der Waals surface area contributed by atoms with Gasteiger partial charge in [-0.25, -0.2) is 23.1 Å². The maximum atomic E-state index is 16.0. The number of pyridine rings is 1. The number of amides is 1. The van der Waals surface area contributed by atoms with Gasteiger partial charge in [-0.15, -0.1) is 0 Å². The molecule has 1 atom stereocenters. The third-order valence-electron chi connectivity index (χ3n) is 8.59. The number of aromatic nitrogens is 3. The number of nitrogens with zero attached hydrogens (tertiary/aromatic N) is 5. The average molecular weight is 634 g/mol. The summed E-state index contributed by atoms with van der Waals surface area (Å²) in [5, 5.41) is 11.4. The minimum atomic E-state index is -2.65. The number of anilines is 1. The molecule has 0 radical (unpaired) electrons. The fourth-order valence-electron chi connectivity index (χ4n) is 6.16. The van der Waals surface area contributed by atoms with Crippen LogP contribution in [0, 0.1) is 18.6 Å². The van der Waals surface area contributed by atoms with Crippen LogP contribution in [0.2, 0.25) is 0 Å². The molecule has 1 aliphatic carbocycles. The zero-order valence-corrected chi connectivity index (χ0v) is 26.4. The van der Waals surface area contributed by atoms with Crippen LogP contribution in [-0.4, -0.2) is 69.5 Å². The summed E-state index contributed by atoms with van der Waals surface area (Å²) in [5.74, 6) is -2.18. The highest BCUT2D eigenvalue weighted by atomic mass is 31.2. The number of carbonyl (C=O) groups is 1. The second-order valence-electron chi connectivity index (χ2n) is 12.2. The molecule has 12 heteroatoms. The van der Waals surface area contributed by atoms with E-state index in [1.807, 2.05) is 24.8 Å². The van der Waals surface area contributed by atoms with Gasteiger partial charge in [0.15, 0.2) is 11.5 Å². The number of hydrogen-bond acceptors (Lipinski definition) is 7. The highest BCUT2D eigenvalue weighted by Crippen LogP contribution is 2.46. The van der Waals surface area contributed by atoms with Crippen LogP contribution in [0.4, 0.5) is 14.6 Å². The molecule has 9 nitrogen and oxygen atoms in total. The average Bonchev–Trinajstić information content (AvgIpc) is 3.82. The van der Waals surface area contributed by atoms with Crippen molar-refractivity contribution in [2.75, 3.05) is 37.9 Å². The number of phenols is 1. The smallest absolute Gasteiger partial charge is 0.355 e. The first-order valence-electron chi connectivity index (χ1n) is 14.8. The highest BCUT2D eigenvalue weighted by molar-refractivity contribution is 7.70. The lowest BCUT2D eigenvalue weighted by Gasteiger charge is -2.40. The summed E-state index contributed by atoms with van der Waals surface area (Å²) in [7, 11) is -2.65. The lowest BCUT2D eigenvalue weighted by molar-refractivity contribution is -0.126. The molecule has 0 spiro atoms. The summed E-state index contributed by atoms with van der Waals surface area (Å²) in [5.41, 5.74) is 0.487. The molecule has 1 saturated heterocycles. The summed E-state index contributed by atoms with van der Waals surface area (Å²) < 4.78 is 45.4. The Morgan fingerprint density at radius 2 is 1.84 bits per heavy atom. The molecule has 1 saturated carbocycles. The maximum Gasteiger partial charge on any atom is 0.355 e. The van der Waals surface area contributed by atoms with Gasteiger partial charge in [0.25, 0.3) is 0 Å². The highest BCUT2D eigenvalue weighted by Gasteiger charge is 2.33. The van der Waals surface area contributed by atoms with Crippen molar-refractivity contribution < 1.29 is 23.2 Å². The van der Waals surface area contributed by atoms with Crippen molar-refractivity contribution in [3.05, 3.63) is 82.3 Å². The van der Waals surface area contributed by atoms with Crippen LogP contribution >= 0.6 is 7.14 Å². The van der Waals surface area contributed by atoms with Gasteiger partial charge >= 0.3 is 5.69 Å². The Labute approximate surface area is 259 Å². The van der Waals surface area contributed by atoms with Gasteiger partial charge in [0.05, 0.1) is 16.6 Å². The van der Waals surface area contributed by atoms with E-state index >= 15 is 8.78 Å². The maximum absolute atomic E-state index is 16.0. The molecule has 4 aromatic rings. The van der Waals surface area contributed by atoms with Gasteiger partial charge in [0, 0.05) is 31.0 Å². The number of benzene rings is 2. The molecule has 2 fully saturated rings. The van der Waals surface area contributed by atoms with E-state index in [4.69, 9.17) is 0 Å². The van der Waals surface area contributed by atoms with Crippen LogP contribution in [-0.2, 0) is 9.36 Å². The molecule has 2 aromatic heterocycles. The fraction of sp³-hybridized carbons (Fsp3) is 0.333. The summed E-state index contributed by atoms with van der Waals surface area (Å²) in [6, 6.07) is 8.18. The quantitative estimate of drug-likeness (QED) is 0.233. The molecule has 0 unspecified atom stereocenters. The van der Waals surface area contributed by atoms with Crippen LogP contribution < -0.4 is 15.9 Å². The van der Waals surface area contributed by atoms with E-state index in [-0.39, 0.29) is 34.7 Å². The standard InChI is InChI=1S/C33H34F2N5O4P/c1-6-27(42)38-12-13-39(19(3)17-38)31-23-16-25(35)29(28-24(34)8-7-9-26(28)41)36-32(23)40(33(43)37-31)30-18(2)14-21(45(4,5)44)15-22(30)20-10-11-20/h6-9,14-16,19-20,41H,1,10-13,17H2,2-5H3/t19-/m0/s1. The first-order valence-corrected chi connectivity index (χ1v) is 17.4. The molecule has 2 aliphatic rings. The van der Waals surface area contributed by atoms with Gasteiger partial charge in [-0.1, -0.05) is 12.6 Å². The molecular formula is C33H34F2N5O4P. The molecule has 3 heterocycles. The second kappa shape index (κ2) is 11.2. The topological polar surface area (TPSA) is 109 Å². The molecule has 0 bridgehead atoms. The van der Waals surface area contributed by atoms with Crippen molar-refractivity contribution in [1.82, 2.24) is 19.4 Å². The predicted octanol–water partition coefficient (Wildman–Crippen LogP) is 5.09. The SMILES string of the molecule is C=CC(=O)N1CCN(c2nc(=O)n(-c3c(C)cc(P(C)(C)=O)cc3C3CC3)c3nc(-c4c(O)cccc4F)c(F)cc23)[C@@H](C)C1. The van der Waals surface area contributed by atoms with Crippen LogP contribution in [0.15, 0.2) is 53.8 Å². The number of carbonyl (C=O) groups excluding carboxylic acids is 1. The normalized spacial score (nSPS) is 17.2. The number of aryl methyl sites for hydroxylation is 1. The monoisotopic (exact) mass is 633 g/mol. The lowest BCUT2D eigenvalue weighted by Crippen LogP contribution is -2.54. The fourth-order valence-corrected chi connectivity index (χ4v) is 7.11. The number of hydrogen-bond donors (Lipinski definition) is 1. The molecular weight excluding hydrogens is 599 g/mol. The zero-order valence-electron chi connectivity index (χ0n) is 25.5. The van der Waals surface area contributed by atoms with E-state index in [2.05, 4.69) is 16.5 Å². The second-order valence-corrected chi connectivity index (χ2v) is 15.5. The van der Waals surface area contributed by atoms with E-state index in [0.717, 1.165) is 24.5 Å². The van der Waals surface area contributed by atoms with Gasteiger partial charge < -0.3 is 19.5 Å².